The lowest BCUT2D eigenvalue weighted by Gasteiger charge is -2.07. The maximum absolute atomic E-state index is 11.5. The van der Waals surface area contributed by atoms with Gasteiger partial charge in [-0.25, -0.2) is 0 Å². The van der Waals surface area contributed by atoms with Gasteiger partial charge in [-0.15, -0.1) is 11.8 Å². The zero-order chi connectivity index (χ0) is 9.97. The minimum Gasteiger partial charge on any atom is -0.326 e. The first-order chi connectivity index (χ1) is 6.81. The van der Waals surface area contributed by atoms with Crippen LogP contribution in [0.5, 0.6) is 0 Å². The van der Waals surface area contributed by atoms with Gasteiger partial charge in [0.1, 0.15) is 0 Å². The highest BCUT2D eigenvalue weighted by atomic mass is 32.2. The van der Waals surface area contributed by atoms with Crippen molar-refractivity contribution >= 4 is 17.5 Å². The molecule has 1 heterocycles. The molecule has 0 bridgehead atoms. The summed E-state index contributed by atoms with van der Waals surface area (Å²) in [5, 5.41) is 0.0711. The summed E-state index contributed by atoms with van der Waals surface area (Å²) < 4.78 is 0. The molecule has 3 heteroatoms. The first-order valence-electron chi connectivity index (χ1n) is 4.74. The van der Waals surface area contributed by atoms with E-state index in [1.165, 1.54) is 0 Å². The van der Waals surface area contributed by atoms with Gasteiger partial charge in [0, 0.05) is 18.7 Å². The molecule has 0 spiro atoms. The average Bonchev–Trinajstić information content (AvgIpc) is 2.65. The van der Waals surface area contributed by atoms with Crippen LogP contribution in [0.3, 0.4) is 0 Å². The van der Waals surface area contributed by atoms with Crippen molar-refractivity contribution in [1.82, 2.24) is 0 Å². The summed E-state index contributed by atoms with van der Waals surface area (Å²) in [6.07, 6.45) is 0.716. The molecule has 1 aliphatic rings. The van der Waals surface area contributed by atoms with Gasteiger partial charge >= 0.3 is 0 Å². The summed E-state index contributed by atoms with van der Waals surface area (Å²) in [6.45, 7) is 0.562. The summed E-state index contributed by atoms with van der Waals surface area (Å²) in [5.74, 6) is 1.32. The fourth-order valence-electron chi connectivity index (χ4n) is 1.61. The second-order valence-corrected chi connectivity index (χ2v) is 4.63. The number of hydrogen-bond donors (Lipinski definition) is 1. The smallest absolute Gasteiger partial charge is 0.151 e. The molecule has 1 atom stereocenters. The Balaban J connectivity index is 2.20. The molecule has 1 fully saturated rings. The molecule has 14 heavy (non-hydrogen) atoms. The highest BCUT2D eigenvalue weighted by Gasteiger charge is 2.26. The topological polar surface area (TPSA) is 43.1 Å². The summed E-state index contributed by atoms with van der Waals surface area (Å²) in [4.78, 5) is 11.5. The predicted molar refractivity (Wildman–Crippen MR) is 59.2 cm³/mol. The van der Waals surface area contributed by atoms with E-state index in [0.717, 1.165) is 16.9 Å². The highest BCUT2D eigenvalue weighted by Crippen LogP contribution is 2.36. The Hall–Kier alpha value is -0.800. The largest absolute Gasteiger partial charge is 0.326 e. The van der Waals surface area contributed by atoms with E-state index >= 15 is 0 Å². The predicted octanol–water partition coefficient (Wildman–Crippen LogP) is 1.89. The van der Waals surface area contributed by atoms with Gasteiger partial charge in [-0.1, -0.05) is 24.3 Å². The van der Waals surface area contributed by atoms with E-state index in [1.807, 2.05) is 24.3 Å². The zero-order valence-electron chi connectivity index (χ0n) is 7.90. The maximum atomic E-state index is 11.5. The molecule has 1 unspecified atom stereocenters. The van der Waals surface area contributed by atoms with Crippen molar-refractivity contribution in [2.24, 2.45) is 5.73 Å². The lowest BCUT2D eigenvalue weighted by atomic mass is 10.1. The second-order valence-electron chi connectivity index (χ2n) is 3.41. The van der Waals surface area contributed by atoms with Gasteiger partial charge in [-0.2, -0.15) is 0 Å². The standard InChI is InChI=1S/C11H13NOS/c12-7-8-1-3-9(4-2-8)11-10(13)5-6-14-11/h1-4,11H,5-7,12H2. The van der Waals surface area contributed by atoms with Gasteiger partial charge < -0.3 is 5.73 Å². The first-order valence-corrected chi connectivity index (χ1v) is 5.79. The van der Waals surface area contributed by atoms with E-state index in [0.29, 0.717) is 18.7 Å². The van der Waals surface area contributed by atoms with Crippen molar-refractivity contribution in [2.75, 3.05) is 5.75 Å². The zero-order valence-corrected chi connectivity index (χ0v) is 8.72. The number of nitrogens with two attached hydrogens (primary N) is 1. The molecule has 1 aromatic carbocycles. The van der Waals surface area contributed by atoms with Crippen LogP contribution in [0, 0.1) is 0 Å². The van der Waals surface area contributed by atoms with E-state index in [4.69, 9.17) is 5.73 Å². The lowest BCUT2D eigenvalue weighted by Crippen LogP contribution is -2.02. The van der Waals surface area contributed by atoms with Crippen LogP contribution in [0.4, 0.5) is 0 Å². The molecule has 0 aliphatic carbocycles. The van der Waals surface area contributed by atoms with Crippen molar-refractivity contribution in [3.05, 3.63) is 35.4 Å². The number of ketones is 1. The van der Waals surface area contributed by atoms with Gasteiger partial charge in [-0.05, 0) is 11.1 Å². The molecule has 2 rings (SSSR count). The summed E-state index contributed by atoms with van der Waals surface area (Å²) in [7, 11) is 0. The summed E-state index contributed by atoms with van der Waals surface area (Å²) in [6, 6.07) is 8.04. The maximum Gasteiger partial charge on any atom is 0.151 e. The summed E-state index contributed by atoms with van der Waals surface area (Å²) in [5.41, 5.74) is 7.74. The van der Waals surface area contributed by atoms with Crippen molar-refractivity contribution in [1.29, 1.82) is 0 Å². The number of hydrogen-bond acceptors (Lipinski definition) is 3. The van der Waals surface area contributed by atoms with Crippen LogP contribution < -0.4 is 5.73 Å². The van der Waals surface area contributed by atoms with Gasteiger partial charge in [-0.3, -0.25) is 4.79 Å². The highest BCUT2D eigenvalue weighted by molar-refractivity contribution is 8.00. The van der Waals surface area contributed by atoms with Crippen molar-refractivity contribution in [3.8, 4) is 0 Å². The molecule has 2 N–H and O–H groups in total. The molecule has 0 amide bonds. The van der Waals surface area contributed by atoms with Crippen molar-refractivity contribution in [3.63, 3.8) is 0 Å². The third-order valence-electron chi connectivity index (χ3n) is 2.44. The molecule has 0 aromatic heterocycles. The van der Waals surface area contributed by atoms with E-state index in [-0.39, 0.29) is 5.25 Å². The SMILES string of the molecule is NCc1ccc(C2SCCC2=O)cc1. The molecule has 2 nitrogen and oxygen atoms in total. The van der Waals surface area contributed by atoms with Crippen LogP contribution >= 0.6 is 11.8 Å². The van der Waals surface area contributed by atoms with E-state index < -0.39 is 0 Å². The normalized spacial score (nSPS) is 21.5. The van der Waals surface area contributed by atoms with Crippen LogP contribution in [-0.4, -0.2) is 11.5 Å². The Morgan fingerprint density at radius 2 is 2.07 bits per heavy atom. The Morgan fingerprint density at radius 3 is 2.57 bits per heavy atom. The lowest BCUT2D eigenvalue weighted by molar-refractivity contribution is -0.117. The van der Waals surface area contributed by atoms with Gasteiger partial charge in [0.05, 0.1) is 5.25 Å². The number of benzene rings is 1. The Bertz CT molecular complexity index is 334. The van der Waals surface area contributed by atoms with Crippen LogP contribution in [0.1, 0.15) is 22.8 Å². The molecule has 0 radical (unpaired) electrons. The van der Waals surface area contributed by atoms with Crippen molar-refractivity contribution < 1.29 is 4.79 Å². The van der Waals surface area contributed by atoms with E-state index in [2.05, 4.69) is 0 Å². The Morgan fingerprint density at radius 1 is 1.36 bits per heavy atom. The number of carbonyl (C=O) groups excluding carboxylic acids is 1. The van der Waals surface area contributed by atoms with Crippen LogP contribution in [-0.2, 0) is 11.3 Å². The van der Waals surface area contributed by atoms with Gasteiger partial charge in [0.2, 0.25) is 0 Å². The quantitative estimate of drug-likeness (QED) is 0.805. The molecule has 1 aliphatic heterocycles. The third kappa shape index (κ3) is 1.83. The molecule has 1 saturated heterocycles. The minimum atomic E-state index is 0.0711. The van der Waals surface area contributed by atoms with Crippen LogP contribution in [0.25, 0.3) is 0 Å². The van der Waals surface area contributed by atoms with E-state index in [9.17, 15) is 4.79 Å². The first kappa shape index (κ1) is 9.74. The van der Waals surface area contributed by atoms with Crippen LogP contribution in [0.2, 0.25) is 0 Å². The van der Waals surface area contributed by atoms with Crippen molar-refractivity contribution in [2.45, 2.75) is 18.2 Å². The average molecular weight is 207 g/mol. The number of carbonyl (C=O) groups is 1. The molecule has 1 aromatic rings. The number of thioether (sulfide) groups is 1. The Kier molecular flexibility index (Phi) is 2.89. The van der Waals surface area contributed by atoms with Gasteiger partial charge in [0.15, 0.2) is 5.78 Å². The van der Waals surface area contributed by atoms with Gasteiger partial charge in [0.25, 0.3) is 0 Å². The fourth-order valence-corrected chi connectivity index (χ4v) is 2.82. The summed E-state index contributed by atoms with van der Waals surface area (Å²) >= 11 is 1.74. The fraction of sp³-hybridized carbons (Fsp3) is 0.364. The third-order valence-corrected chi connectivity index (χ3v) is 3.75. The molecular formula is C11H13NOS. The minimum absolute atomic E-state index is 0.0711. The second kappa shape index (κ2) is 4.15. The number of rotatable bonds is 2. The number of Topliss-reactive ketones (excluding diaryl/α,β-unsaturated/α-hetero) is 1. The Labute approximate surface area is 87.9 Å². The van der Waals surface area contributed by atoms with Crippen LogP contribution in [0.15, 0.2) is 24.3 Å². The van der Waals surface area contributed by atoms with E-state index in [1.54, 1.807) is 11.8 Å². The molecular weight excluding hydrogens is 194 g/mol. The molecule has 0 saturated carbocycles. The monoisotopic (exact) mass is 207 g/mol. The molecule has 74 valence electrons.